The number of rotatable bonds is 1. The Kier molecular flexibility index (Phi) is 2.59. The maximum Gasteiger partial charge on any atom is 0.126 e. The second-order valence-electron chi connectivity index (χ2n) is 2.45. The first-order chi connectivity index (χ1) is 4.74. The van der Waals surface area contributed by atoms with E-state index in [1.165, 1.54) is 0 Å². The summed E-state index contributed by atoms with van der Waals surface area (Å²) in [4.78, 5) is 0. The van der Waals surface area contributed by atoms with Crippen LogP contribution in [0.15, 0.2) is 0 Å². The van der Waals surface area contributed by atoms with Crippen LogP contribution in [0.4, 0.5) is 4.39 Å². The van der Waals surface area contributed by atoms with Crippen LogP contribution < -0.4 is 0 Å². The lowest BCUT2D eigenvalue weighted by Crippen LogP contribution is -2.41. The van der Waals surface area contributed by atoms with Crippen molar-refractivity contribution < 1.29 is 19.3 Å². The monoisotopic (exact) mass is 150 g/mol. The molecular weight excluding hydrogens is 139 g/mol. The lowest BCUT2D eigenvalue weighted by molar-refractivity contribution is -0.120. The van der Waals surface area contributed by atoms with Gasteiger partial charge in [-0.05, 0) is 0 Å². The predicted molar refractivity (Wildman–Crippen MR) is 32.3 cm³/mol. The van der Waals surface area contributed by atoms with Gasteiger partial charge in [-0.3, -0.25) is 0 Å². The topological polar surface area (TPSA) is 49.7 Å². The van der Waals surface area contributed by atoms with Crippen LogP contribution in [0, 0.1) is 0 Å². The Hall–Kier alpha value is -0.190. The van der Waals surface area contributed by atoms with Gasteiger partial charge in [0.15, 0.2) is 0 Å². The molecule has 1 aliphatic heterocycles. The summed E-state index contributed by atoms with van der Waals surface area (Å²) in [6.07, 6.45) is -2.45. The van der Waals surface area contributed by atoms with E-state index in [-0.39, 0.29) is 19.6 Å². The molecule has 1 heterocycles. The van der Waals surface area contributed by atoms with Crippen molar-refractivity contribution in [2.24, 2.45) is 0 Å². The van der Waals surface area contributed by atoms with Gasteiger partial charge in [-0.1, -0.05) is 0 Å². The quantitative estimate of drug-likeness (QED) is 0.528. The third kappa shape index (κ3) is 1.65. The number of ether oxygens (including phenoxy) is 1. The van der Waals surface area contributed by atoms with E-state index in [0.29, 0.717) is 0 Å². The summed E-state index contributed by atoms with van der Waals surface area (Å²) in [5, 5.41) is 17.6. The van der Waals surface area contributed by atoms with E-state index in [4.69, 9.17) is 14.9 Å². The average molecular weight is 150 g/mol. The fourth-order valence-corrected chi connectivity index (χ4v) is 0.995. The highest BCUT2D eigenvalue weighted by Crippen LogP contribution is 2.15. The van der Waals surface area contributed by atoms with Crippen molar-refractivity contribution in [2.75, 3.05) is 13.2 Å². The second-order valence-corrected chi connectivity index (χ2v) is 2.45. The molecule has 1 fully saturated rings. The molecule has 0 aromatic carbocycles. The van der Waals surface area contributed by atoms with Crippen LogP contribution in [0.25, 0.3) is 0 Å². The Balaban J connectivity index is 2.36. The van der Waals surface area contributed by atoms with Gasteiger partial charge in [0.2, 0.25) is 0 Å². The normalized spacial score (nSPS) is 41.7. The van der Waals surface area contributed by atoms with Crippen molar-refractivity contribution in [3.63, 3.8) is 0 Å². The van der Waals surface area contributed by atoms with Crippen LogP contribution in [0.1, 0.15) is 6.42 Å². The minimum absolute atomic E-state index is 0.0116. The summed E-state index contributed by atoms with van der Waals surface area (Å²) in [5.74, 6) is 0. The molecule has 2 N–H and O–H groups in total. The molecule has 0 aromatic rings. The van der Waals surface area contributed by atoms with E-state index < -0.39 is 18.4 Å². The van der Waals surface area contributed by atoms with Gasteiger partial charge in [-0.2, -0.15) is 0 Å². The van der Waals surface area contributed by atoms with Gasteiger partial charge in [0.25, 0.3) is 0 Å². The first-order valence-electron chi connectivity index (χ1n) is 3.28. The van der Waals surface area contributed by atoms with Crippen molar-refractivity contribution in [2.45, 2.75) is 24.8 Å². The highest BCUT2D eigenvalue weighted by Gasteiger charge is 2.28. The van der Waals surface area contributed by atoms with Gasteiger partial charge in [0, 0.05) is 6.42 Å². The molecule has 0 unspecified atom stereocenters. The minimum atomic E-state index is -1.09. The van der Waals surface area contributed by atoms with Crippen LogP contribution in [0.2, 0.25) is 0 Å². The lowest BCUT2D eigenvalue weighted by atomic mass is 10.1. The van der Waals surface area contributed by atoms with E-state index in [9.17, 15) is 4.39 Å². The number of halogens is 1. The molecular formula is C6H11FO3. The number of hydrogen-bond donors (Lipinski definition) is 2. The lowest BCUT2D eigenvalue weighted by Gasteiger charge is -2.28. The van der Waals surface area contributed by atoms with Crippen molar-refractivity contribution in [3.05, 3.63) is 0 Å². The first-order valence-corrected chi connectivity index (χ1v) is 3.28. The standard InChI is InChI=1S/C6H11FO3/c7-4-1-5(9)6(2-8)10-3-4/h4-6,8-9H,1-3H2/t4-,5-,6+/m0/s1. The van der Waals surface area contributed by atoms with E-state index in [1.807, 2.05) is 0 Å². The summed E-state index contributed by atoms with van der Waals surface area (Å²) in [7, 11) is 0. The third-order valence-corrected chi connectivity index (χ3v) is 1.60. The van der Waals surface area contributed by atoms with Crippen LogP contribution >= 0.6 is 0 Å². The minimum Gasteiger partial charge on any atom is -0.394 e. The smallest absolute Gasteiger partial charge is 0.126 e. The van der Waals surface area contributed by atoms with Crippen LogP contribution in [-0.2, 0) is 4.74 Å². The summed E-state index contributed by atoms with van der Waals surface area (Å²) < 4.78 is 17.2. The van der Waals surface area contributed by atoms with Gasteiger partial charge >= 0.3 is 0 Å². The van der Waals surface area contributed by atoms with Gasteiger partial charge in [-0.15, -0.1) is 0 Å². The molecule has 3 nitrogen and oxygen atoms in total. The highest BCUT2D eigenvalue weighted by molar-refractivity contribution is 4.77. The average Bonchev–Trinajstić information content (AvgIpc) is 1.88. The zero-order valence-electron chi connectivity index (χ0n) is 5.53. The fourth-order valence-electron chi connectivity index (χ4n) is 0.995. The van der Waals surface area contributed by atoms with Gasteiger partial charge in [0.1, 0.15) is 12.3 Å². The Morgan fingerprint density at radius 1 is 1.60 bits per heavy atom. The van der Waals surface area contributed by atoms with Crippen molar-refractivity contribution >= 4 is 0 Å². The van der Waals surface area contributed by atoms with Gasteiger partial charge < -0.3 is 14.9 Å². The van der Waals surface area contributed by atoms with E-state index in [0.717, 1.165) is 0 Å². The molecule has 60 valence electrons. The number of aliphatic hydroxyl groups excluding tert-OH is 2. The highest BCUT2D eigenvalue weighted by atomic mass is 19.1. The fraction of sp³-hybridized carbons (Fsp3) is 1.00. The molecule has 4 heteroatoms. The molecule has 1 aliphatic rings. The Morgan fingerprint density at radius 3 is 2.80 bits per heavy atom. The number of hydrogen-bond acceptors (Lipinski definition) is 3. The summed E-state index contributed by atoms with van der Waals surface area (Å²) >= 11 is 0. The third-order valence-electron chi connectivity index (χ3n) is 1.60. The van der Waals surface area contributed by atoms with Crippen LogP contribution in [0.5, 0.6) is 0 Å². The molecule has 1 rings (SSSR count). The summed E-state index contributed by atoms with van der Waals surface area (Å²) in [6.45, 7) is -0.254. The molecule has 1 saturated heterocycles. The number of aliphatic hydroxyl groups is 2. The maximum atomic E-state index is 12.4. The molecule has 0 aliphatic carbocycles. The SMILES string of the molecule is OC[C@H]1OC[C@@H](F)C[C@@H]1O. The Labute approximate surface area is 58.4 Å². The first kappa shape index (κ1) is 7.91. The molecule has 0 amide bonds. The van der Waals surface area contributed by atoms with Crippen molar-refractivity contribution in [1.29, 1.82) is 0 Å². The van der Waals surface area contributed by atoms with Gasteiger partial charge in [0.05, 0.1) is 19.3 Å². The Bertz CT molecular complexity index is 109. The molecule has 10 heavy (non-hydrogen) atoms. The maximum absolute atomic E-state index is 12.4. The van der Waals surface area contributed by atoms with Crippen LogP contribution in [0.3, 0.4) is 0 Å². The second kappa shape index (κ2) is 3.27. The molecule has 0 radical (unpaired) electrons. The molecule has 3 atom stereocenters. The van der Waals surface area contributed by atoms with Gasteiger partial charge in [-0.25, -0.2) is 4.39 Å². The van der Waals surface area contributed by atoms with E-state index >= 15 is 0 Å². The van der Waals surface area contributed by atoms with E-state index in [2.05, 4.69) is 0 Å². The Morgan fingerprint density at radius 2 is 2.30 bits per heavy atom. The van der Waals surface area contributed by atoms with E-state index in [1.54, 1.807) is 0 Å². The zero-order valence-corrected chi connectivity index (χ0v) is 5.53. The molecule has 0 spiro atoms. The number of alkyl halides is 1. The molecule has 0 saturated carbocycles. The van der Waals surface area contributed by atoms with Crippen molar-refractivity contribution in [3.8, 4) is 0 Å². The summed E-state index contributed by atoms with van der Waals surface area (Å²) in [6, 6.07) is 0. The molecule has 0 bridgehead atoms. The van der Waals surface area contributed by atoms with Crippen LogP contribution in [-0.4, -0.2) is 41.8 Å². The van der Waals surface area contributed by atoms with Crippen molar-refractivity contribution in [1.82, 2.24) is 0 Å². The largest absolute Gasteiger partial charge is 0.394 e. The summed E-state index contributed by atoms with van der Waals surface area (Å²) in [5.41, 5.74) is 0. The predicted octanol–water partition coefficient (Wildman–Crippen LogP) is -0.533. The zero-order chi connectivity index (χ0) is 7.56. The molecule has 0 aromatic heterocycles.